The van der Waals surface area contributed by atoms with Crippen molar-refractivity contribution in [2.45, 2.75) is 38.0 Å². The van der Waals surface area contributed by atoms with Gasteiger partial charge in [-0.2, -0.15) is 0 Å². The van der Waals surface area contributed by atoms with E-state index in [4.69, 9.17) is 0 Å². The molecule has 1 aromatic heterocycles. The lowest BCUT2D eigenvalue weighted by Crippen LogP contribution is -2.37. The van der Waals surface area contributed by atoms with Gasteiger partial charge in [0.2, 0.25) is 11.8 Å². The summed E-state index contributed by atoms with van der Waals surface area (Å²) in [6, 6.07) is 13.5. The van der Waals surface area contributed by atoms with Gasteiger partial charge in [-0.05, 0) is 44.9 Å². The lowest BCUT2D eigenvalue weighted by atomic mass is 10.1. The fraction of sp³-hybridized carbons (Fsp3) is 0.273. The molecule has 0 aliphatic heterocycles. The van der Waals surface area contributed by atoms with Gasteiger partial charge >= 0.3 is 0 Å². The number of fused-ring (bicyclic) bond motifs is 1. The molecule has 0 fully saturated rings. The zero-order valence-corrected chi connectivity index (χ0v) is 17.8. The molecule has 0 spiro atoms. The number of amides is 2. The number of rotatable bonds is 6. The lowest BCUT2D eigenvalue weighted by molar-refractivity contribution is -0.123. The van der Waals surface area contributed by atoms with Crippen LogP contribution in [-0.4, -0.2) is 33.6 Å². The second-order valence-electron chi connectivity index (χ2n) is 6.89. The summed E-state index contributed by atoms with van der Waals surface area (Å²) in [7, 11) is 0. The first-order valence-corrected chi connectivity index (χ1v) is 10.3. The number of anilines is 1. The van der Waals surface area contributed by atoms with Crippen molar-refractivity contribution < 1.29 is 9.59 Å². The van der Waals surface area contributed by atoms with E-state index >= 15 is 0 Å². The highest BCUT2D eigenvalue weighted by atomic mass is 32.2. The number of para-hydroxylation sites is 2. The molecule has 2 N–H and O–H groups in total. The van der Waals surface area contributed by atoms with Crippen LogP contribution in [0, 0.1) is 20.8 Å². The topological polar surface area (TPSA) is 84.0 Å². The molecule has 0 radical (unpaired) electrons. The van der Waals surface area contributed by atoms with Gasteiger partial charge in [-0.25, -0.2) is 9.97 Å². The number of benzene rings is 2. The number of aryl methyl sites for hydroxylation is 3. The maximum atomic E-state index is 12.5. The summed E-state index contributed by atoms with van der Waals surface area (Å²) in [6.07, 6.45) is 0. The first kappa shape index (κ1) is 20.8. The van der Waals surface area contributed by atoms with Gasteiger partial charge in [0.05, 0.1) is 17.3 Å². The van der Waals surface area contributed by atoms with Crippen molar-refractivity contribution in [3.05, 3.63) is 59.4 Å². The van der Waals surface area contributed by atoms with Crippen LogP contribution in [0.15, 0.2) is 47.5 Å². The van der Waals surface area contributed by atoms with E-state index in [2.05, 4.69) is 20.6 Å². The van der Waals surface area contributed by atoms with Crippen molar-refractivity contribution in [2.75, 3.05) is 11.9 Å². The third-order valence-electron chi connectivity index (χ3n) is 4.51. The minimum Gasteiger partial charge on any atom is -0.346 e. The predicted octanol–water partition coefficient (Wildman–Crippen LogP) is 3.79. The molecule has 150 valence electrons. The Kier molecular flexibility index (Phi) is 6.49. The monoisotopic (exact) mass is 408 g/mol. The Morgan fingerprint density at radius 1 is 1.00 bits per heavy atom. The Hall–Kier alpha value is -2.93. The van der Waals surface area contributed by atoms with Crippen LogP contribution in [-0.2, 0) is 9.59 Å². The van der Waals surface area contributed by atoms with E-state index in [0.29, 0.717) is 5.82 Å². The van der Waals surface area contributed by atoms with E-state index in [1.807, 2.05) is 63.2 Å². The van der Waals surface area contributed by atoms with Crippen LogP contribution in [0.2, 0.25) is 0 Å². The van der Waals surface area contributed by atoms with Crippen LogP contribution in [0.1, 0.15) is 23.9 Å². The van der Waals surface area contributed by atoms with E-state index in [1.165, 1.54) is 11.8 Å². The number of aromatic nitrogens is 2. The van der Waals surface area contributed by atoms with Crippen molar-refractivity contribution in [1.29, 1.82) is 0 Å². The molecule has 6 nitrogen and oxygen atoms in total. The second-order valence-corrected chi connectivity index (χ2v) is 8.22. The Labute approximate surface area is 174 Å². The summed E-state index contributed by atoms with van der Waals surface area (Å²) >= 11 is 1.36. The van der Waals surface area contributed by atoms with Gasteiger partial charge in [0.15, 0.2) is 0 Å². The molecule has 1 heterocycles. The Balaban J connectivity index is 1.61. The predicted molar refractivity (Wildman–Crippen MR) is 117 cm³/mol. The quantitative estimate of drug-likeness (QED) is 0.479. The standard InChI is InChI=1S/C22H24N4O2S/c1-13-8-7-9-14(2)20(13)26-19(27)12-23-21(28)15(3)29-22-17-10-5-6-11-18(17)24-16(4)25-22/h5-11,15H,12H2,1-4H3,(H,23,28)(H,26,27). The molecule has 2 aromatic carbocycles. The van der Waals surface area contributed by atoms with Crippen molar-refractivity contribution in [2.24, 2.45) is 0 Å². The summed E-state index contributed by atoms with van der Waals surface area (Å²) in [6.45, 7) is 7.43. The van der Waals surface area contributed by atoms with Crippen molar-refractivity contribution in [3.8, 4) is 0 Å². The summed E-state index contributed by atoms with van der Waals surface area (Å²) in [4.78, 5) is 33.7. The van der Waals surface area contributed by atoms with Gasteiger partial charge in [-0.15, -0.1) is 0 Å². The normalized spacial score (nSPS) is 11.9. The summed E-state index contributed by atoms with van der Waals surface area (Å²) < 4.78 is 0. The molecule has 3 aromatic rings. The number of carbonyl (C=O) groups excluding carboxylic acids is 2. The number of carbonyl (C=O) groups is 2. The van der Waals surface area contributed by atoms with Gasteiger partial charge in [-0.3, -0.25) is 9.59 Å². The average Bonchev–Trinajstić information content (AvgIpc) is 2.68. The van der Waals surface area contributed by atoms with E-state index in [0.717, 1.165) is 32.7 Å². The van der Waals surface area contributed by atoms with Gasteiger partial charge in [0, 0.05) is 11.1 Å². The van der Waals surface area contributed by atoms with Gasteiger partial charge in [0.25, 0.3) is 0 Å². The number of nitrogens with zero attached hydrogens (tertiary/aromatic N) is 2. The molecular weight excluding hydrogens is 384 g/mol. The van der Waals surface area contributed by atoms with E-state index in [1.54, 1.807) is 6.92 Å². The van der Waals surface area contributed by atoms with Crippen molar-refractivity contribution in [3.63, 3.8) is 0 Å². The maximum Gasteiger partial charge on any atom is 0.243 e. The highest BCUT2D eigenvalue weighted by molar-refractivity contribution is 8.00. The fourth-order valence-electron chi connectivity index (χ4n) is 2.98. The summed E-state index contributed by atoms with van der Waals surface area (Å²) in [5.74, 6) is 0.190. The van der Waals surface area contributed by atoms with Crippen LogP contribution in [0.5, 0.6) is 0 Å². The molecule has 2 amide bonds. The van der Waals surface area contributed by atoms with Gasteiger partial charge in [0.1, 0.15) is 10.9 Å². The first-order valence-electron chi connectivity index (χ1n) is 9.39. The highest BCUT2D eigenvalue weighted by Crippen LogP contribution is 2.28. The van der Waals surface area contributed by atoms with Crippen LogP contribution in [0.4, 0.5) is 5.69 Å². The molecule has 0 aliphatic carbocycles. The molecule has 0 saturated carbocycles. The minimum absolute atomic E-state index is 0.0823. The molecule has 1 unspecified atom stereocenters. The summed E-state index contributed by atoms with van der Waals surface area (Å²) in [5.41, 5.74) is 3.61. The number of hydrogen-bond acceptors (Lipinski definition) is 5. The minimum atomic E-state index is -0.402. The maximum absolute atomic E-state index is 12.5. The molecule has 7 heteroatoms. The van der Waals surface area contributed by atoms with Crippen LogP contribution < -0.4 is 10.6 Å². The van der Waals surface area contributed by atoms with E-state index in [-0.39, 0.29) is 18.4 Å². The van der Waals surface area contributed by atoms with E-state index in [9.17, 15) is 9.59 Å². The summed E-state index contributed by atoms with van der Waals surface area (Å²) in [5, 5.41) is 6.85. The smallest absolute Gasteiger partial charge is 0.243 e. The highest BCUT2D eigenvalue weighted by Gasteiger charge is 2.18. The molecular formula is C22H24N4O2S. The molecule has 29 heavy (non-hydrogen) atoms. The average molecular weight is 409 g/mol. The Bertz CT molecular complexity index is 1050. The second kappa shape index (κ2) is 9.05. The number of nitrogens with one attached hydrogen (secondary N) is 2. The molecule has 0 saturated heterocycles. The largest absolute Gasteiger partial charge is 0.346 e. The van der Waals surface area contributed by atoms with Gasteiger partial charge in [-0.1, -0.05) is 48.2 Å². The van der Waals surface area contributed by atoms with Gasteiger partial charge < -0.3 is 10.6 Å². The molecule has 1 atom stereocenters. The van der Waals surface area contributed by atoms with Crippen molar-refractivity contribution in [1.82, 2.24) is 15.3 Å². The Morgan fingerprint density at radius 2 is 1.69 bits per heavy atom. The third-order valence-corrected chi connectivity index (χ3v) is 5.61. The number of thioether (sulfide) groups is 1. The lowest BCUT2D eigenvalue weighted by Gasteiger charge is -2.14. The van der Waals surface area contributed by atoms with Crippen LogP contribution in [0.25, 0.3) is 10.9 Å². The first-order chi connectivity index (χ1) is 13.8. The fourth-order valence-corrected chi connectivity index (χ4v) is 3.99. The molecule has 0 aliphatic rings. The van der Waals surface area contributed by atoms with E-state index < -0.39 is 5.25 Å². The SMILES string of the molecule is Cc1nc(SC(C)C(=O)NCC(=O)Nc2c(C)cccc2C)c2ccccc2n1. The number of hydrogen-bond donors (Lipinski definition) is 2. The molecule has 0 bridgehead atoms. The van der Waals surface area contributed by atoms with Crippen LogP contribution >= 0.6 is 11.8 Å². The molecule has 3 rings (SSSR count). The van der Waals surface area contributed by atoms with Crippen LogP contribution in [0.3, 0.4) is 0 Å². The Morgan fingerprint density at radius 3 is 2.41 bits per heavy atom. The van der Waals surface area contributed by atoms with Crippen molar-refractivity contribution >= 4 is 40.2 Å². The zero-order valence-electron chi connectivity index (χ0n) is 16.9. The third kappa shape index (κ3) is 5.12. The zero-order chi connectivity index (χ0) is 21.0.